The molecule has 0 aromatic heterocycles. The minimum Gasteiger partial charge on any atom is -0.468 e. The van der Waals surface area contributed by atoms with E-state index in [1.54, 1.807) is 0 Å². The number of ether oxygens (including phenoxy) is 1. The molecule has 20 heavy (non-hydrogen) atoms. The fraction of sp³-hybridized carbons (Fsp3) is 0.533. The molecule has 1 saturated heterocycles. The number of anilines is 1. The highest BCUT2D eigenvalue weighted by Gasteiger charge is 2.36. The SMILES string of the molecule is COC(=O)[C@@H]1C[C@H](O)CN1CCN(C)c1ccccc1. The van der Waals surface area contributed by atoms with Crippen LogP contribution in [-0.2, 0) is 9.53 Å². The summed E-state index contributed by atoms with van der Waals surface area (Å²) in [6, 6.07) is 9.78. The Morgan fingerprint density at radius 2 is 2.15 bits per heavy atom. The van der Waals surface area contributed by atoms with Crippen molar-refractivity contribution in [1.29, 1.82) is 0 Å². The summed E-state index contributed by atoms with van der Waals surface area (Å²) < 4.78 is 4.80. The molecule has 5 heteroatoms. The van der Waals surface area contributed by atoms with Crippen LogP contribution in [0.15, 0.2) is 30.3 Å². The Balaban J connectivity index is 1.91. The van der Waals surface area contributed by atoms with Gasteiger partial charge in [-0.05, 0) is 12.1 Å². The maximum absolute atomic E-state index is 11.7. The van der Waals surface area contributed by atoms with Gasteiger partial charge in [0.25, 0.3) is 0 Å². The molecule has 2 rings (SSSR count). The highest BCUT2D eigenvalue weighted by atomic mass is 16.5. The number of hydrogen-bond donors (Lipinski definition) is 1. The van der Waals surface area contributed by atoms with Crippen LogP contribution < -0.4 is 4.90 Å². The van der Waals surface area contributed by atoms with Gasteiger partial charge in [-0.1, -0.05) is 18.2 Å². The lowest BCUT2D eigenvalue weighted by Crippen LogP contribution is -2.41. The van der Waals surface area contributed by atoms with E-state index in [1.807, 2.05) is 30.1 Å². The Bertz CT molecular complexity index is 438. The summed E-state index contributed by atoms with van der Waals surface area (Å²) in [7, 11) is 3.41. The monoisotopic (exact) mass is 278 g/mol. The second kappa shape index (κ2) is 6.72. The molecule has 0 spiro atoms. The quantitative estimate of drug-likeness (QED) is 0.805. The van der Waals surface area contributed by atoms with Gasteiger partial charge >= 0.3 is 5.97 Å². The Kier molecular flexibility index (Phi) is 4.98. The molecule has 0 unspecified atom stereocenters. The number of hydrogen-bond acceptors (Lipinski definition) is 5. The number of carbonyl (C=O) groups is 1. The second-order valence-electron chi connectivity index (χ2n) is 5.18. The second-order valence-corrected chi connectivity index (χ2v) is 5.18. The molecule has 0 aliphatic carbocycles. The van der Waals surface area contributed by atoms with Crippen LogP contribution in [0.25, 0.3) is 0 Å². The largest absolute Gasteiger partial charge is 0.468 e. The summed E-state index contributed by atoms with van der Waals surface area (Å²) in [5.41, 5.74) is 1.14. The van der Waals surface area contributed by atoms with E-state index in [1.165, 1.54) is 7.11 Å². The molecule has 1 heterocycles. The topological polar surface area (TPSA) is 53.0 Å². The number of para-hydroxylation sites is 1. The van der Waals surface area contributed by atoms with E-state index in [2.05, 4.69) is 17.0 Å². The number of benzene rings is 1. The molecule has 1 aromatic rings. The molecule has 0 saturated carbocycles. The van der Waals surface area contributed by atoms with Crippen molar-refractivity contribution in [1.82, 2.24) is 4.90 Å². The number of rotatable bonds is 5. The van der Waals surface area contributed by atoms with E-state index in [9.17, 15) is 9.90 Å². The van der Waals surface area contributed by atoms with Crippen molar-refractivity contribution in [2.24, 2.45) is 0 Å². The van der Waals surface area contributed by atoms with Crippen molar-refractivity contribution >= 4 is 11.7 Å². The van der Waals surface area contributed by atoms with E-state index in [0.717, 1.165) is 18.8 Å². The zero-order valence-corrected chi connectivity index (χ0v) is 12.0. The van der Waals surface area contributed by atoms with E-state index in [0.29, 0.717) is 13.0 Å². The molecule has 1 aromatic carbocycles. The number of likely N-dealkylation sites (N-methyl/N-ethyl adjacent to an activating group) is 1. The lowest BCUT2D eigenvalue weighted by atomic mass is 10.2. The molecule has 5 nitrogen and oxygen atoms in total. The highest BCUT2D eigenvalue weighted by Crippen LogP contribution is 2.19. The Hall–Kier alpha value is -1.59. The van der Waals surface area contributed by atoms with Gasteiger partial charge in [0.1, 0.15) is 6.04 Å². The van der Waals surface area contributed by atoms with Crippen molar-refractivity contribution in [3.8, 4) is 0 Å². The Morgan fingerprint density at radius 3 is 2.80 bits per heavy atom. The molecule has 1 fully saturated rings. The van der Waals surface area contributed by atoms with E-state index < -0.39 is 6.10 Å². The minimum absolute atomic E-state index is 0.260. The highest BCUT2D eigenvalue weighted by molar-refractivity contribution is 5.76. The van der Waals surface area contributed by atoms with Gasteiger partial charge in [-0.15, -0.1) is 0 Å². The predicted octanol–water partition coefficient (Wildman–Crippen LogP) is 0.731. The van der Waals surface area contributed by atoms with Crippen molar-refractivity contribution in [2.45, 2.75) is 18.6 Å². The molecular formula is C15H22N2O3. The standard InChI is InChI=1S/C15H22N2O3/c1-16(12-6-4-3-5-7-12)8-9-17-11-13(18)10-14(17)15(19)20-2/h3-7,13-14,18H,8-11H2,1-2H3/t13-,14-/m0/s1. The molecule has 1 aliphatic rings. The number of aliphatic hydroxyl groups is 1. The summed E-state index contributed by atoms with van der Waals surface area (Å²) in [4.78, 5) is 15.8. The van der Waals surface area contributed by atoms with Gasteiger partial charge in [0.2, 0.25) is 0 Å². The summed E-state index contributed by atoms with van der Waals surface area (Å²) in [6.45, 7) is 2.05. The first-order valence-corrected chi connectivity index (χ1v) is 6.88. The molecule has 0 amide bonds. The smallest absolute Gasteiger partial charge is 0.323 e. The van der Waals surface area contributed by atoms with Crippen molar-refractivity contribution < 1.29 is 14.6 Å². The van der Waals surface area contributed by atoms with Crippen LogP contribution in [0.3, 0.4) is 0 Å². The first-order chi connectivity index (χ1) is 9.61. The normalized spacial score (nSPS) is 22.8. The molecule has 1 aliphatic heterocycles. The molecule has 2 atom stereocenters. The lowest BCUT2D eigenvalue weighted by Gasteiger charge is -2.26. The number of nitrogens with zero attached hydrogens (tertiary/aromatic N) is 2. The van der Waals surface area contributed by atoms with Gasteiger partial charge in [-0.25, -0.2) is 0 Å². The van der Waals surface area contributed by atoms with E-state index in [4.69, 9.17) is 4.74 Å². The third-order valence-electron chi connectivity index (χ3n) is 3.77. The van der Waals surface area contributed by atoms with Gasteiger partial charge in [0.15, 0.2) is 0 Å². The van der Waals surface area contributed by atoms with Gasteiger partial charge in [0, 0.05) is 38.8 Å². The first-order valence-electron chi connectivity index (χ1n) is 6.88. The van der Waals surface area contributed by atoms with Crippen LogP contribution in [0.5, 0.6) is 0 Å². The summed E-state index contributed by atoms with van der Waals surface area (Å²) in [5.74, 6) is -0.260. The van der Waals surface area contributed by atoms with Crippen molar-refractivity contribution in [2.75, 3.05) is 38.7 Å². The first kappa shape index (κ1) is 14.8. The average molecular weight is 278 g/mol. The number of β-amino-alcohol motifs (C(OH)–C–C–N with tert-alkyl or cyclic N) is 1. The third kappa shape index (κ3) is 3.49. The number of esters is 1. The molecular weight excluding hydrogens is 256 g/mol. The summed E-state index contributed by atoms with van der Waals surface area (Å²) >= 11 is 0. The van der Waals surface area contributed by atoms with Crippen molar-refractivity contribution in [3.63, 3.8) is 0 Å². The van der Waals surface area contributed by atoms with Gasteiger partial charge in [-0.3, -0.25) is 9.69 Å². The zero-order chi connectivity index (χ0) is 14.5. The fourth-order valence-electron chi connectivity index (χ4n) is 2.60. The zero-order valence-electron chi connectivity index (χ0n) is 12.0. The van der Waals surface area contributed by atoms with E-state index in [-0.39, 0.29) is 12.0 Å². The molecule has 0 bridgehead atoms. The summed E-state index contributed by atoms with van der Waals surface area (Å²) in [5, 5.41) is 9.73. The molecule has 110 valence electrons. The van der Waals surface area contributed by atoms with Crippen LogP contribution in [0.2, 0.25) is 0 Å². The van der Waals surface area contributed by atoms with Gasteiger partial charge in [-0.2, -0.15) is 0 Å². The van der Waals surface area contributed by atoms with Crippen LogP contribution >= 0.6 is 0 Å². The lowest BCUT2D eigenvalue weighted by molar-refractivity contribution is -0.145. The molecule has 0 radical (unpaired) electrons. The van der Waals surface area contributed by atoms with Crippen LogP contribution in [0.4, 0.5) is 5.69 Å². The maximum atomic E-state index is 11.7. The summed E-state index contributed by atoms with van der Waals surface area (Å²) in [6.07, 6.45) is 0.0166. The Morgan fingerprint density at radius 1 is 1.45 bits per heavy atom. The number of likely N-dealkylation sites (tertiary alicyclic amines) is 1. The van der Waals surface area contributed by atoms with Gasteiger partial charge < -0.3 is 14.7 Å². The molecule has 1 N–H and O–H groups in total. The van der Waals surface area contributed by atoms with Crippen LogP contribution in [0.1, 0.15) is 6.42 Å². The predicted molar refractivity (Wildman–Crippen MR) is 77.7 cm³/mol. The third-order valence-corrected chi connectivity index (χ3v) is 3.77. The van der Waals surface area contributed by atoms with E-state index >= 15 is 0 Å². The number of methoxy groups -OCH3 is 1. The number of carbonyl (C=O) groups excluding carboxylic acids is 1. The van der Waals surface area contributed by atoms with Gasteiger partial charge in [0.05, 0.1) is 13.2 Å². The maximum Gasteiger partial charge on any atom is 0.323 e. The van der Waals surface area contributed by atoms with Crippen molar-refractivity contribution in [3.05, 3.63) is 30.3 Å². The fourth-order valence-corrected chi connectivity index (χ4v) is 2.60. The van der Waals surface area contributed by atoms with Crippen LogP contribution in [-0.4, -0.2) is 61.9 Å². The average Bonchev–Trinajstić information content (AvgIpc) is 2.86. The van der Waals surface area contributed by atoms with Crippen LogP contribution in [0, 0.1) is 0 Å². The Labute approximate surface area is 119 Å². The minimum atomic E-state index is -0.443. The number of aliphatic hydroxyl groups excluding tert-OH is 1.